The van der Waals surface area contributed by atoms with E-state index in [9.17, 15) is 9.59 Å². The van der Waals surface area contributed by atoms with E-state index in [0.29, 0.717) is 31.1 Å². The highest BCUT2D eigenvalue weighted by Crippen LogP contribution is 2.23. The number of hydrogen-bond donors (Lipinski definition) is 1. The molecule has 2 aromatic heterocycles. The summed E-state index contributed by atoms with van der Waals surface area (Å²) in [6, 6.07) is 2.12. The van der Waals surface area contributed by atoms with E-state index in [0.717, 1.165) is 29.6 Å². The van der Waals surface area contributed by atoms with Crippen LogP contribution >= 0.6 is 0 Å². The van der Waals surface area contributed by atoms with Crippen LogP contribution in [0.2, 0.25) is 0 Å². The van der Waals surface area contributed by atoms with E-state index in [2.05, 4.69) is 29.2 Å². The van der Waals surface area contributed by atoms with Gasteiger partial charge in [0.1, 0.15) is 5.60 Å². The molecule has 0 unspecified atom stereocenters. The number of nitrogens with zero attached hydrogens (tertiary/aromatic N) is 4. The highest BCUT2D eigenvalue weighted by molar-refractivity contribution is 5.98. The normalized spacial score (nSPS) is 15.6. The maximum Gasteiger partial charge on any atom is 0.407 e. The summed E-state index contributed by atoms with van der Waals surface area (Å²) in [6.45, 7) is 13.4. The van der Waals surface area contributed by atoms with Gasteiger partial charge in [-0.2, -0.15) is 5.10 Å². The summed E-state index contributed by atoms with van der Waals surface area (Å²) in [5.74, 6) is 0.352. The third kappa shape index (κ3) is 5.09. The summed E-state index contributed by atoms with van der Waals surface area (Å²) in [6.07, 6.45) is 3.08. The summed E-state index contributed by atoms with van der Waals surface area (Å²) < 4.78 is 7.16. The summed E-state index contributed by atoms with van der Waals surface area (Å²) in [5.41, 5.74) is 1.67. The van der Waals surface area contributed by atoms with Gasteiger partial charge < -0.3 is 15.0 Å². The van der Waals surface area contributed by atoms with Crippen molar-refractivity contribution in [1.29, 1.82) is 0 Å². The first-order valence-corrected chi connectivity index (χ1v) is 10.7. The molecule has 0 aromatic carbocycles. The van der Waals surface area contributed by atoms with Crippen molar-refractivity contribution in [2.24, 2.45) is 5.92 Å². The fraction of sp³-hybridized carbons (Fsp3) is 0.636. The van der Waals surface area contributed by atoms with Gasteiger partial charge in [-0.25, -0.2) is 14.5 Å². The lowest BCUT2D eigenvalue weighted by molar-refractivity contribution is 0.0500. The molecule has 0 spiro atoms. The molecule has 3 rings (SSSR count). The summed E-state index contributed by atoms with van der Waals surface area (Å²) >= 11 is 0. The Morgan fingerprint density at radius 3 is 2.53 bits per heavy atom. The van der Waals surface area contributed by atoms with Crippen LogP contribution in [-0.2, 0) is 4.74 Å². The molecule has 1 N–H and O–H groups in total. The Bertz CT molecular complexity index is 921. The van der Waals surface area contributed by atoms with Crippen LogP contribution in [0.4, 0.5) is 4.79 Å². The van der Waals surface area contributed by atoms with E-state index in [-0.39, 0.29) is 11.9 Å². The van der Waals surface area contributed by atoms with Crippen molar-refractivity contribution >= 4 is 23.0 Å². The molecule has 0 radical (unpaired) electrons. The molecule has 164 valence electrons. The molecule has 1 saturated heterocycles. The number of alkyl carbamates (subject to hydrolysis) is 1. The summed E-state index contributed by atoms with van der Waals surface area (Å²) in [4.78, 5) is 31.5. The minimum atomic E-state index is -0.501. The Labute approximate surface area is 178 Å². The average Bonchev–Trinajstić information content (AvgIpc) is 3.07. The second-order valence-corrected chi connectivity index (χ2v) is 9.34. The number of carbonyl (C=O) groups excluding carboxylic acids is 2. The van der Waals surface area contributed by atoms with Gasteiger partial charge in [0.25, 0.3) is 5.91 Å². The first-order valence-electron chi connectivity index (χ1n) is 10.7. The smallest absolute Gasteiger partial charge is 0.407 e. The number of aromatic nitrogens is 3. The molecule has 8 heteroatoms. The van der Waals surface area contributed by atoms with Crippen molar-refractivity contribution in [3.05, 3.63) is 23.5 Å². The monoisotopic (exact) mass is 415 g/mol. The van der Waals surface area contributed by atoms with Crippen LogP contribution in [0.1, 0.15) is 69.6 Å². The van der Waals surface area contributed by atoms with Crippen molar-refractivity contribution in [3.8, 4) is 0 Å². The van der Waals surface area contributed by atoms with Gasteiger partial charge >= 0.3 is 6.09 Å². The SMILES string of the molecule is Cc1nc2c(cnn2C(C)C)cc1C(=O)N1CCC(CNC(=O)OC(C)(C)C)CC1. The summed E-state index contributed by atoms with van der Waals surface area (Å²) in [7, 11) is 0. The Kier molecular flexibility index (Phi) is 6.33. The number of fused-ring (bicyclic) bond motifs is 1. The highest BCUT2D eigenvalue weighted by Gasteiger charge is 2.26. The Morgan fingerprint density at radius 2 is 1.93 bits per heavy atom. The van der Waals surface area contributed by atoms with Gasteiger partial charge in [0.05, 0.1) is 17.5 Å². The van der Waals surface area contributed by atoms with Gasteiger partial charge in [0.15, 0.2) is 5.65 Å². The van der Waals surface area contributed by atoms with E-state index in [1.807, 2.05) is 43.3 Å². The maximum atomic E-state index is 13.1. The van der Waals surface area contributed by atoms with Crippen LogP contribution in [0.15, 0.2) is 12.3 Å². The standard InChI is InChI=1S/C22H33N5O3/c1-14(2)27-19-17(13-24-27)11-18(15(3)25-19)20(28)26-9-7-16(8-10-26)12-23-21(29)30-22(4,5)6/h11,13-14,16H,7-10,12H2,1-6H3,(H,23,29). The topological polar surface area (TPSA) is 89.4 Å². The molecule has 0 atom stereocenters. The molecule has 1 aliphatic heterocycles. The fourth-order valence-electron chi connectivity index (χ4n) is 3.71. The zero-order valence-electron chi connectivity index (χ0n) is 18.9. The third-order valence-corrected chi connectivity index (χ3v) is 5.31. The Morgan fingerprint density at radius 1 is 1.27 bits per heavy atom. The maximum absolute atomic E-state index is 13.1. The second-order valence-electron chi connectivity index (χ2n) is 9.34. The van der Waals surface area contributed by atoms with Crippen LogP contribution in [0.25, 0.3) is 11.0 Å². The minimum Gasteiger partial charge on any atom is -0.444 e. The number of likely N-dealkylation sites (tertiary alicyclic amines) is 1. The van der Waals surface area contributed by atoms with Gasteiger partial charge in [-0.15, -0.1) is 0 Å². The number of ether oxygens (including phenoxy) is 1. The fourth-order valence-corrected chi connectivity index (χ4v) is 3.71. The molecule has 2 aromatic rings. The molecule has 1 aliphatic rings. The first-order chi connectivity index (χ1) is 14.0. The zero-order valence-corrected chi connectivity index (χ0v) is 18.9. The van der Waals surface area contributed by atoms with Gasteiger partial charge in [0.2, 0.25) is 0 Å². The lowest BCUT2D eigenvalue weighted by atomic mass is 9.96. The minimum absolute atomic E-state index is 0.0118. The summed E-state index contributed by atoms with van der Waals surface area (Å²) in [5, 5.41) is 8.12. The number of amides is 2. The number of aryl methyl sites for hydroxylation is 1. The number of nitrogens with one attached hydrogen (secondary N) is 1. The molecule has 30 heavy (non-hydrogen) atoms. The molecule has 3 heterocycles. The lowest BCUT2D eigenvalue weighted by Crippen LogP contribution is -2.42. The van der Waals surface area contributed by atoms with Crippen molar-refractivity contribution in [2.45, 2.75) is 66.0 Å². The molecular weight excluding hydrogens is 382 g/mol. The number of piperidine rings is 1. The third-order valence-electron chi connectivity index (χ3n) is 5.31. The quantitative estimate of drug-likeness (QED) is 0.822. The second kappa shape index (κ2) is 8.62. The Hall–Kier alpha value is -2.64. The van der Waals surface area contributed by atoms with E-state index in [1.165, 1.54) is 0 Å². The Balaban J connectivity index is 1.59. The van der Waals surface area contributed by atoms with Crippen LogP contribution in [-0.4, -0.2) is 56.9 Å². The first kappa shape index (κ1) is 22.1. The van der Waals surface area contributed by atoms with Crippen molar-refractivity contribution in [2.75, 3.05) is 19.6 Å². The molecule has 1 fully saturated rings. The molecular formula is C22H33N5O3. The molecule has 0 saturated carbocycles. The molecule has 8 nitrogen and oxygen atoms in total. The molecule has 0 aliphatic carbocycles. The molecule has 2 amide bonds. The van der Waals surface area contributed by atoms with Crippen LogP contribution < -0.4 is 5.32 Å². The van der Waals surface area contributed by atoms with Crippen LogP contribution in [0.5, 0.6) is 0 Å². The largest absolute Gasteiger partial charge is 0.444 e. The molecule has 0 bridgehead atoms. The van der Waals surface area contributed by atoms with Gasteiger partial charge in [-0.3, -0.25) is 4.79 Å². The number of hydrogen-bond acceptors (Lipinski definition) is 5. The van der Waals surface area contributed by atoms with Crippen LogP contribution in [0.3, 0.4) is 0 Å². The van der Waals surface area contributed by atoms with Gasteiger partial charge in [-0.1, -0.05) is 0 Å². The van der Waals surface area contributed by atoms with Crippen molar-refractivity contribution < 1.29 is 14.3 Å². The van der Waals surface area contributed by atoms with Crippen molar-refractivity contribution in [1.82, 2.24) is 25.0 Å². The zero-order chi connectivity index (χ0) is 22.1. The lowest BCUT2D eigenvalue weighted by Gasteiger charge is -2.32. The van der Waals surface area contributed by atoms with E-state index >= 15 is 0 Å². The van der Waals surface area contributed by atoms with Crippen molar-refractivity contribution in [3.63, 3.8) is 0 Å². The predicted molar refractivity (Wildman–Crippen MR) is 116 cm³/mol. The van der Waals surface area contributed by atoms with Gasteiger partial charge in [-0.05, 0) is 66.4 Å². The van der Waals surface area contributed by atoms with E-state index in [4.69, 9.17) is 4.74 Å². The number of pyridine rings is 1. The number of rotatable bonds is 4. The number of carbonyl (C=O) groups is 2. The average molecular weight is 416 g/mol. The van der Waals surface area contributed by atoms with Crippen LogP contribution in [0, 0.1) is 12.8 Å². The van der Waals surface area contributed by atoms with E-state index in [1.54, 1.807) is 6.20 Å². The highest BCUT2D eigenvalue weighted by atomic mass is 16.6. The predicted octanol–water partition coefficient (Wildman–Crippen LogP) is 3.70. The van der Waals surface area contributed by atoms with E-state index < -0.39 is 11.7 Å². The van der Waals surface area contributed by atoms with Gasteiger partial charge in [0, 0.05) is 31.1 Å².